The third kappa shape index (κ3) is 2.51. The normalized spacial score (nSPS) is 10.9. The Labute approximate surface area is 100 Å². The van der Waals surface area contributed by atoms with E-state index in [1.165, 1.54) is 16.1 Å². The lowest BCUT2D eigenvalue weighted by Gasteiger charge is -2.06. The molecule has 4 heteroatoms. The van der Waals surface area contributed by atoms with Gasteiger partial charge < -0.3 is 5.32 Å². The average Bonchev–Trinajstić information content (AvgIpc) is 2.88. The Morgan fingerprint density at radius 1 is 1.38 bits per heavy atom. The molecule has 0 aliphatic carbocycles. The molecule has 0 bridgehead atoms. The predicted molar refractivity (Wildman–Crippen MR) is 67.5 cm³/mol. The lowest BCUT2D eigenvalue weighted by atomic mass is 10.3. The van der Waals surface area contributed by atoms with Gasteiger partial charge in [-0.2, -0.15) is 5.10 Å². The second kappa shape index (κ2) is 5.27. The van der Waals surface area contributed by atoms with Gasteiger partial charge in [0.25, 0.3) is 0 Å². The zero-order valence-electron chi connectivity index (χ0n) is 9.73. The van der Waals surface area contributed by atoms with Gasteiger partial charge in [0.1, 0.15) is 0 Å². The smallest absolute Gasteiger partial charge is 0.0522 e. The summed E-state index contributed by atoms with van der Waals surface area (Å²) in [4.78, 5) is 1.42. The lowest BCUT2D eigenvalue weighted by molar-refractivity contribution is 0.583. The summed E-state index contributed by atoms with van der Waals surface area (Å²) in [6.45, 7) is 7.02. The Morgan fingerprint density at radius 3 is 2.94 bits per heavy atom. The second-order valence-corrected chi connectivity index (χ2v) is 4.77. The molecule has 0 aromatic carbocycles. The molecular formula is C12H17N3S. The molecule has 0 fully saturated rings. The van der Waals surface area contributed by atoms with E-state index in [0.29, 0.717) is 0 Å². The summed E-state index contributed by atoms with van der Waals surface area (Å²) in [5, 5.41) is 9.84. The number of aromatic nitrogens is 2. The van der Waals surface area contributed by atoms with Gasteiger partial charge in [-0.15, -0.1) is 11.3 Å². The van der Waals surface area contributed by atoms with Crippen molar-refractivity contribution in [2.24, 2.45) is 0 Å². The molecule has 0 amide bonds. The van der Waals surface area contributed by atoms with Crippen molar-refractivity contribution in [2.75, 3.05) is 0 Å². The van der Waals surface area contributed by atoms with Crippen LogP contribution < -0.4 is 5.32 Å². The maximum absolute atomic E-state index is 4.25. The molecule has 2 heterocycles. The zero-order valence-corrected chi connectivity index (χ0v) is 10.5. The largest absolute Gasteiger partial charge is 0.306 e. The molecule has 1 N–H and O–H groups in total. The van der Waals surface area contributed by atoms with Gasteiger partial charge in [0, 0.05) is 30.7 Å². The summed E-state index contributed by atoms with van der Waals surface area (Å²) in [7, 11) is 0. The molecule has 0 saturated heterocycles. The van der Waals surface area contributed by atoms with Crippen LogP contribution in [-0.2, 0) is 19.6 Å². The molecule has 86 valence electrons. The van der Waals surface area contributed by atoms with E-state index >= 15 is 0 Å². The van der Waals surface area contributed by atoms with Crippen LogP contribution in [0.3, 0.4) is 0 Å². The number of nitrogens with zero attached hydrogens (tertiary/aromatic N) is 2. The van der Waals surface area contributed by atoms with Crippen molar-refractivity contribution >= 4 is 11.3 Å². The van der Waals surface area contributed by atoms with E-state index in [1.54, 1.807) is 0 Å². The maximum Gasteiger partial charge on any atom is 0.0522 e. The fourth-order valence-electron chi connectivity index (χ4n) is 1.68. The summed E-state index contributed by atoms with van der Waals surface area (Å²) in [6.07, 6.45) is 1.86. The molecule has 0 saturated carbocycles. The van der Waals surface area contributed by atoms with Crippen LogP contribution in [-0.4, -0.2) is 9.78 Å². The van der Waals surface area contributed by atoms with Crippen LogP contribution in [0.4, 0.5) is 0 Å². The molecule has 16 heavy (non-hydrogen) atoms. The minimum atomic E-state index is 0.880. The SMILES string of the molecule is CCn1nccc1CNCc1sccc1C. The number of aryl methyl sites for hydroxylation is 2. The van der Waals surface area contributed by atoms with E-state index < -0.39 is 0 Å². The van der Waals surface area contributed by atoms with Crippen molar-refractivity contribution in [3.8, 4) is 0 Å². The van der Waals surface area contributed by atoms with Gasteiger partial charge >= 0.3 is 0 Å². The minimum Gasteiger partial charge on any atom is -0.306 e. The van der Waals surface area contributed by atoms with Gasteiger partial charge in [0.2, 0.25) is 0 Å². The van der Waals surface area contributed by atoms with Crippen molar-refractivity contribution in [2.45, 2.75) is 33.5 Å². The van der Waals surface area contributed by atoms with E-state index in [9.17, 15) is 0 Å². The molecule has 0 aliphatic rings. The predicted octanol–water partition coefficient (Wildman–Crippen LogP) is 2.56. The average molecular weight is 235 g/mol. The van der Waals surface area contributed by atoms with Crippen LogP contribution >= 0.6 is 11.3 Å². The summed E-state index contributed by atoms with van der Waals surface area (Å²) in [6, 6.07) is 4.23. The molecule has 0 aliphatic heterocycles. The van der Waals surface area contributed by atoms with E-state index in [-0.39, 0.29) is 0 Å². The highest BCUT2D eigenvalue weighted by atomic mass is 32.1. The zero-order chi connectivity index (χ0) is 11.4. The van der Waals surface area contributed by atoms with Gasteiger partial charge in [0.05, 0.1) is 5.69 Å². The van der Waals surface area contributed by atoms with Crippen molar-refractivity contribution in [3.05, 3.63) is 39.8 Å². The summed E-state index contributed by atoms with van der Waals surface area (Å²) in [5.74, 6) is 0. The van der Waals surface area contributed by atoms with Crippen molar-refractivity contribution in [3.63, 3.8) is 0 Å². The highest BCUT2D eigenvalue weighted by Crippen LogP contribution is 2.14. The van der Waals surface area contributed by atoms with Crippen LogP contribution in [0.5, 0.6) is 0 Å². The minimum absolute atomic E-state index is 0.880. The number of hydrogen-bond acceptors (Lipinski definition) is 3. The van der Waals surface area contributed by atoms with Crippen LogP contribution in [0.1, 0.15) is 23.1 Å². The van der Waals surface area contributed by atoms with E-state index in [0.717, 1.165) is 19.6 Å². The molecule has 2 rings (SSSR count). The Balaban J connectivity index is 1.87. The molecule has 0 atom stereocenters. The first-order chi connectivity index (χ1) is 7.81. The highest BCUT2D eigenvalue weighted by molar-refractivity contribution is 7.10. The Hall–Kier alpha value is -1.13. The van der Waals surface area contributed by atoms with Gasteiger partial charge in [0.15, 0.2) is 0 Å². The monoisotopic (exact) mass is 235 g/mol. The number of rotatable bonds is 5. The topological polar surface area (TPSA) is 29.9 Å². The third-order valence-corrected chi connectivity index (χ3v) is 3.69. The number of thiophene rings is 1. The third-order valence-electron chi connectivity index (χ3n) is 2.66. The van der Waals surface area contributed by atoms with Gasteiger partial charge in [-0.1, -0.05) is 0 Å². The van der Waals surface area contributed by atoms with Crippen molar-refractivity contribution < 1.29 is 0 Å². The standard InChI is InChI=1S/C12H17N3S/c1-3-15-11(4-6-14-15)8-13-9-12-10(2)5-7-16-12/h4-7,13H,3,8-9H2,1-2H3. The fraction of sp³-hybridized carbons (Fsp3) is 0.417. The van der Waals surface area contributed by atoms with E-state index in [4.69, 9.17) is 0 Å². The van der Waals surface area contributed by atoms with E-state index in [2.05, 4.69) is 41.8 Å². The van der Waals surface area contributed by atoms with Crippen molar-refractivity contribution in [1.29, 1.82) is 0 Å². The van der Waals surface area contributed by atoms with Crippen LogP contribution in [0.15, 0.2) is 23.7 Å². The van der Waals surface area contributed by atoms with Gasteiger partial charge in [-0.05, 0) is 36.9 Å². The summed E-state index contributed by atoms with van der Waals surface area (Å²) < 4.78 is 2.02. The first-order valence-electron chi connectivity index (χ1n) is 5.55. The maximum atomic E-state index is 4.25. The Kier molecular flexibility index (Phi) is 3.74. The summed E-state index contributed by atoms with van der Waals surface area (Å²) >= 11 is 1.81. The molecule has 0 spiro atoms. The highest BCUT2D eigenvalue weighted by Gasteiger charge is 2.02. The summed E-state index contributed by atoms with van der Waals surface area (Å²) in [5.41, 5.74) is 2.62. The Morgan fingerprint density at radius 2 is 2.25 bits per heavy atom. The molecular weight excluding hydrogens is 218 g/mol. The fourth-order valence-corrected chi connectivity index (χ4v) is 2.56. The lowest BCUT2D eigenvalue weighted by Crippen LogP contribution is -2.15. The van der Waals surface area contributed by atoms with Crippen LogP contribution in [0.2, 0.25) is 0 Å². The molecule has 0 radical (unpaired) electrons. The Bertz CT molecular complexity index is 445. The molecule has 0 unspecified atom stereocenters. The first kappa shape index (κ1) is 11.4. The van der Waals surface area contributed by atoms with Gasteiger partial charge in [-0.25, -0.2) is 0 Å². The van der Waals surface area contributed by atoms with Crippen LogP contribution in [0.25, 0.3) is 0 Å². The van der Waals surface area contributed by atoms with E-state index in [1.807, 2.05) is 22.2 Å². The van der Waals surface area contributed by atoms with Crippen LogP contribution in [0, 0.1) is 6.92 Å². The quantitative estimate of drug-likeness (QED) is 0.863. The van der Waals surface area contributed by atoms with Gasteiger partial charge in [-0.3, -0.25) is 4.68 Å². The molecule has 3 nitrogen and oxygen atoms in total. The first-order valence-corrected chi connectivity index (χ1v) is 6.43. The second-order valence-electron chi connectivity index (χ2n) is 3.77. The number of hydrogen-bond donors (Lipinski definition) is 1. The van der Waals surface area contributed by atoms with Crippen molar-refractivity contribution in [1.82, 2.24) is 15.1 Å². The number of nitrogens with one attached hydrogen (secondary N) is 1. The molecule has 2 aromatic rings. The molecule has 2 aromatic heterocycles.